The first-order chi connectivity index (χ1) is 11.5. The van der Waals surface area contributed by atoms with Gasteiger partial charge in [-0.25, -0.2) is 0 Å². The van der Waals surface area contributed by atoms with Crippen molar-refractivity contribution in [1.82, 2.24) is 0 Å². The van der Waals surface area contributed by atoms with Crippen LogP contribution in [0.2, 0.25) is 10.0 Å². The number of rotatable bonds is 3. The molecule has 3 nitrogen and oxygen atoms in total. The Balaban J connectivity index is 1.99. The second-order valence-corrected chi connectivity index (χ2v) is 7.43. The van der Waals surface area contributed by atoms with E-state index in [0.717, 1.165) is 5.56 Å². The van der Waals surface area contributed by atoms with Crippen LogP contribution in [0.1, 0.15) is 5.56 Å². The molecule has 0 atom stereocenters. The zero-order valence-electron chi connectivity index (χ0n) is 12.5. The molecule has 0 unspecified atom stereocenters. The van der Waals surface area contributed by atoms with E-state index in [9.17, 15) is 4.79 Å². The van der Waals surface area contributed by atoms with Crippen molar-refractivity contribution in [3.8, 4) is 5.75 Å². The molecular weight excluding hydrogens is 385 g/mol. The van der Waals surface area contributed by atoms with Crippen LogP contribution in [0.15, 0.2) is 47.4 Å². The number of hydrogen-bond donors (Lipinski definition) is 0. The monoisotopic (exact) mass is 395 g/mol. The number of thioether (sulfide) groups is 1. The van der Waals surface area contributed by atoms with Crippen LogP contribution >= 0.6 is 47.2 Å². The van der Waals surface area contributed by atoms with Gasteiger partial charge in [-0.15, -0.1) is 0 Å². The number of benzene rings is 2. The molecule has 1 saturated heterocycles. The van der Waals surface area contributed by atoms with Crippen LogP contribution in [-0.4, -0.2) is 17.3 Å². The molecule has 24 heavy (non-hydrogen) atoms. The lowest BCUT2D eigenvalue weighted by Gasteiger charge is -2.14. The summed E-state index contributed by atoms with van der Waals surface area (Å²) >= 11 is 18.6. The number of anilines is 1. The van der Waals surface area contributed by atoms with E-state index in [1.807, 2.05) is 0 Å². The summed E-state index contributed by atoms with van der Waals surface area (Å²) in [5, 5.41) is 1.11. The minimum absolute atomic E-state index is 0.200. The van der Waals surface area contributed by atoms with Gasteiger partial charge in [0, 0.05) is 15.6 Å². The lowest BCUT2D eigenvalue weighted by atomic mass is 10.2. The van der Waals surface area contributed by atoms with Gasteiger partial charge in [0.25, 0.3) is 5.91 Å². The third kappa shape index (κ3) is 3.44. The zero-order valence-corrected chi connectivity index (χ0v) is 15.6. The fourth-order valence-corrected chi connectivity index (χ4v) is 3.92. The third-order valence-corrected chi connectivity index (χ3v) is 5.11. The summed E-state index contributed by atoms with van der Waals surface area (Å²) < 4.78 is 5.77. The van der Waals surface area contributed by atoms with E-state index < -0.39 is 0 Å². The Morgan fingerprint density at radius 2 is 1.92 bits per heavy atom. The number of amides is 1. The molecule has 0 spiro atoms. The molecule has 0 aliphatic carbocycles. The van der Waals surface area contributed by atoms with Crippen LogP contribution in [0, 0.1) is 0 Å². The van der Waals surface area contributed by atoms with Crippen molar-refractivity contribution in [1.29, 1.82) is 0 Å². The van der Waals surface area contributed by atoms with Crippen molar-refractivity contribution in [3.63, 3.8) is 0 Å². The Hall–Kier alpha value is -1.53. The van der Waals surface area contributed by atoms with Crippen molar-refractivity contribution in [2.45, 2.75) is 0 Å². The van der Waals surface area contributed by atoms with Gasteiger partial charge < -0.3 is 4.74 Å². The van der Waals surface area contributed by atoms with Crippen LogP contribution in [0.4, 0.5) is 5.69 Å². The summed E-state index contributed by atoms with van der Waals surface area (Å²) in [6.07, 6.45) is 1.73. The van der Waals surface area contributed by atoms with Crippen molar-refractivity contribution in [2.24, 2.45) is 0 Å². The van der Waals surface area contributed by atoms with Crippen molar-refractivity contribution >= 4 is 69.2 Å². The molecule has 122 valence electrons. The van der Waals surface area contributed by atoms with Crippen LogP contribution in [-0.2, 0) is 4.79 Å². The Morgan fingerprint density at radius 3 is 2.62 bits per heavy atom. The van der Waals surface area contributed by atoms with E-state index in [0.29, 0.717) is 30.7 Å². The van der Waals surface area contributed by atoms with Crippen LogP contribution < -0.4 is 9.64 Å². The smallest absolute Gasteiger partial charge is 0.270 e. The van der Waals surface area contributed by atoms with Gasteiger partial charge in [-0.05, 0) is 42.5 Å². The van der Waals surface area contributed by atoms with Crippen LogP contribution in [0.3, 0.4) is 0 Å². The molecule has 1 aliphatic rings. The van der Waals surface area contributed by atoms with Gasteiger partial charge in [0.15, 0.2) is 4.32 Å². The Kier molecular flexibility index (Phi) is 5.15. The molecule has 1 fully saturated rings. The van der Waals surface area contributed by atoms with Gasteiger partial charge in [-0.2, -0.15) is 0 Å². The predicted octanol–water partition coefficient (Wildman–Crippen LogP) is 5.41. The molecule has 2 aromatic rings. The van der Waals surface area contributed by atoms with E-state index in [1.165, 1.54) is 16.7 Å². The van der Waals surface area contributed by atoms with Gasteiger partial charge in [-0.3, -0.25) is 9.69 Å². The van der Waals surface area contributed by atoms with Gasteiger partial charge >= 0.3 is 0 Å². The standard InChI is InChI=1S/C17H11Cl2NO2S2/c1-22-14-6-5-12(19)7-10(14)8-15-16(21)20(17(23)24-15)13-4-2-3-11(18)9-13/h2-9H,1H3/b15-8-. The highest BCUT2D eigenvalue weighted by atomic mass is 35.5. The number of carbonyl (C=O) groups excluding carboxylic acids is 1. The normalized spacial score (nSPS) is 16.1. The molecule has 1 amide bonds. The number of thiocarbonyl (C=S) groups is 1. The van der Waals surface area contributed by atoms with Crippen molar-refractivity contribution in [2.75, 3.05) is 12.0 Å². The largest absolute Gasteiger partial charge is 0.496 e. The Morgan fingerprint density at radius 1 is 1.17 bits per heavy atom. The summed E-state index contributed by atoms with van der Waals surface area (Å²) in [6.45, 7) is 0. The van der Waals surface area contributed by atoms with E-state index in [1.54, 1.807) is 55.7 Å². The number of hydrogen-bond acceptors (Lipinski definition) is 4. The number of methoxy groups -OCH3 is 1. The third-order valence-electron chi connectivity index (χ3n) is 3.34. The lowest BCUT2D eigenvalue weighted by molar-refractivity contribution is -0.113. The highest BCUT2D eigenvalue weighted by Gasteiger charge is 2.33. The topological polar surface area (TPSA) is 29.5 Å². The minimum atomic E-state index is -0.200. The minimum Gasteiger partial charge on any atom is -0.496 e. The quantitative estimate of drug-likeness (QED) is 0.513. The van der Waals surface area contributed by atoms with Crippen LogP contribution in [0.25, 0.3) is 6.08 Å². The van der Waals surface area contributed by atoms with E-state index >= 15 is 0 Å². The number of halogens is 2. The van der Waals surface area contributed by atoms with Gasteiger partial charge in [-0.1, -0.05) is 53.2 Å². The molecule has 1 heterocycles. The van der Waals surface area contributed by atoms with Crippen molar-refractivity contribution < 1.29 is 9.53 Å². The van der Waals surface area contributed by atoms with Crippen molar-refractivity contribution in [3.05, 3.63) is 63.0 Å². The number of nitrogens with zero attached hydrogens (tertiary/aromatic N) is 1. The molecule has 0 radical (unpaired) electrons. The number of carbonyl (C=O) groups is 1. The summed E-state index contributed by atoms with van der Waals surface area (Å²) in [4.78, 5) is 14.7. The highest BCUT2D eigenvalue weighted by Crippen LogP contribution is 2.38. The molecule has 0 aromatic heterocycles. The second-order valence-electron chi connectivity index (χ2n) is 4.88. The van der Waals surface area contributed by atoms with Crippen LogP contribution in [0.5, 0.6) is 5.75 Å². The molecule has 2 aromatic carbocycles. The predicted molar refractivity (Wildman–Crippen MR) is 105 cm³/mol. The molecule has 1 aliphatic heterocycles. The van der Waals surface area contributed by atoms with E-state index in [4.69, 9.17) is 40.2 Å². The van der Waals surface area contributed by atoms with E-state index in [2.05, 4.69) is 0 Å². The SMILES string of the molecule is COc1ccc(Cl)cc1/C=C1\SC(=S)N(c2cccc(Cl)c2)C1=O. The Labute approximate surface area is 159 Å². The first kappa shape index (κ1) is 17.3. The fourth-order valence-electron chi connectivity index (χ4n) is 2.26. The maximum absolute atomic E-state index is 12.7. The fraction of sp³-hybridized carbons (Fsp3) is 0.0588. The zero-order chi connectivity index (χ0) is 17.3. The second kappa shape index (κ2) is 7.15. The average molecular weight is 396 g/mol. The summed E-state index contributed by atoms with van der Waals surface area (Å²) in [7, 11) is 1.57. The molecule has 0 saturated carbocycles. The molecule has 0 bridgehead atoms. The Bertz CT molecular complexity index is 867. The maximum atomic E-state index is 12.7. The number of ether oxygens (including phenoxy) is 1. The first-order valence-corrected chi connectivity index (χ1v) is 8.85. The highest BCUT2D eigenvalue weighted by molar-refractivity contribution is 8.27. The summed E-state index contributed by atoms with van der Waals surface area (Å²) in [6, 6.07) is 12.2. The lowest BCUT2D eigenvalue weighted by Crippen LogP contribution is -2.27. The van der Waals surface area contributed by atoms with E-state index in [-0.39, 0.29) is 5.91 Å². The first-order valence-electron chi connectivity index (χ1n) is 6.86. The molecule has 0 N–H and O–H groups in total. The molecule has 3 rings (SSSR count). The average Bonchev–Trinajstić information content (AvgIpc) is 2.81. The molecular formula is C17H11Cl2NO2S2. The summed E-state index contributed by atoms with van der Waals surface area (Å²) in [5.41, 5.74) is 1.36. The summed E-state index contributed by atoms with van der Waals surface area (Å²) in [5.74, 6) is 0.432. The van der Waals surface area contributed by atoms with Gasteiger partial charge in [0.05, 0.1) is 17.7 Å². The van der Waals surface area contributed by atoms with Gasteiger partial charge in [0.2, 0.25) is 0 Å². The van der Waals surface area contributed by atoms with Gasteiger partial charge in [0.1, 0.15) is 5.75 Å². The maximum Gasteiger partial charge on any atom is 0.270 e. The molecule has 7 heteroatoms.